The van der Waals surface area contributed by atoms with Crippen molar-refractivity contribution in [1.82, 2.24) is 20.0 Å². The molecule has 0 radical (unpaired) electrons. The predicted octanol–water partition coefficient (Wildman–Crippen LogP) is 0.366. The van der Waals surface area contributed by atoms with Gasteiger partial charge in [0.1, 0.15) is 0 Å². The summed E-state index contributed by atoms with van der Waals surface area (Å²) in [6.07, 6.45) is 6.32. The van der Waals surface area contributed by atoms with Crippen molar-refractivity contribution in [1.29, 1.82) is 0 Å². The van der Waals surface area contributed by atoms with E-state index in [0.717, 1.165) is 37.9 Å². The predicted molar refractivity (Wildman–Crippen MR) is 76.0 cm³/mol. The lowest BCUT2D eigenvalue weighted by Crippen LogP contribution is -2.44. The van der Waals surface area contributed by atoms with E-state index >= 15 is 0 Å². The van der Waals surface area contributed by atoms with Crippen LogP contribution in [0, 0.1) is 0 Å². The van der Waals surface area contributed by atoms with Crippen molar-refractivity contribution in [3.8, 4) is 0 Å². The summed E-state index contributed by atoms with van der Waals surface area (Å²) in [7, 11) is 0. The van der Waals surface area contributed by atoms with Gasteiger partial charge in [0.05, 0.1) is 18.8 Å². The number of carbonyl (C=O) groups is 1. The first-order valence-electron chi connectivity index (χ1n) is 7.36. The number of aliphatic hydroxyl groups is 1. The monoisotopic (exact) mass is 280 g/mol. The number of nitrogens with one attached hydrogen (secondary N) is 1. The fraction of sp³-hybridized carbons (Fsp3) is 0.714. The molecule has 0 unspecified atom stereocenters. The maximum Gasteiger partial charge on any atom is 0.234 e. The summed E-state index contributed by atoms with van der Waals surface area (Å²) in [5.74, 6) is 0.00217. The van der Waals surface area contributed by atoms with Gasteiger partial charge >= 0.3 is 0 Å². The first-order valence-corrected chi connectivity index (χ1v) is 7.36. The lowest BCUT2D eigenvalue weighted by Gasteiger charge is -2.29. The van der Waals surface area contributed by atoms with Crippen LogP contribution in [0.1, 0.15) is 31.7 Å². The first-order chi connectivity index (χ1) is 9.67. The van der Waals surface area contributed by atoms with Crippen molar-refractivity contribution in [2.75, 3.05) is 19.6 Å². The number of hydrogen-bond donors (Lipinski definition) is 2. The number of nitrogens with zero attached hydrogens (tertiary/aromatic N) is 3. The van der Waals surface area contributed by atoms with Crippen LogP contribution >= 0.6 is 0 Å². The molecule has 2 heterocycles. The summed E-state index contributed by atoms with van der Waals surface area (Å²) in [5, 5.41) is 16.7. The van der Waals surface area contributed by atoms with E-state index in [9.17, 15) is 9.90 Å². The second kappa shape index (κ2) is 7.40. The Balaban J connectivity index is 1.71. The smallest absolute Gasteiger partial charge is 0.234 e. The molecule has 1 saturated heterocycles. The van der Waals surface area contributed by atoms with Crippen molar-refractivity contribution < 1.29 is 9.90 Å². The topological polar surface area (TPSA) is 70.4 Å². The largest absolute Gasteiger partial charge is 0.392 e. The third kappa shape index (κ3) is 4.61. The maximum atomic E-state index is 11.9. The van der Waals surface area contributed by atoms with Gasteiger partial charge in [-0.2, -0.15) is 5.10 Å². The zero-order valence-corrected chi connectivity index (χ0v) is 12.1. The normalized spacial score (nSPS) is 20.0. The van der Waals surface area contributed by atoms with Gasteiger partial charge in [0, 0.05) is 31.4 Å². The number of likely N-dealkylation sites (tertiary alicyclic amines) is 1. The molecule has 2 N–H and O–H groups in total. The van der Waals surface area contributed by atoms with Crippen molar-refractivity contribution >= 4 is 5.91 Å². The fourth-order valence-electron chi connectivity index (χ4n) is 2.48. The molecule has 1 fully saturated rings. The Morgan fingerprint density at radius 3 is 3.20 bits per heavy atom. The van der Waals surface area contributed by atoms with Gasteiger partial charge < -0.3 is 10.4 Å². The van der Waals surface area contributed by atoms with Crippen LogP contribution in [0.15, 0.2) is 12.4 Å². The Hall–Kier alpha value is -1.40. The molecule has 1 atom stereocenters. The number of aromatic nitrogens is 2. The molecule has 0 aromatic carbocycles. The molecule has 2 rings (SSSR count). The molecule has 0 spiro atoms. The van der Waals surface area contributed by atoms with E-state index < -0.39 is 0 Å². The van der Waals surface area contributed by atoms with Gasteiger partial charge in [0.25, 0.3) is 0 Å². The van der Waals surface area contributed by atoms with Gasteiger partial charge in [0.15, 0.2) is 0 Å². The Bertz CT molecular complexity index is 433. The highest BCUT2D eigenvalue weighted by Crippen LogP contribution is 2.08. The molecule has 112 valence electrons. The van der Waals surface area contributed by atoms with Gasteiger partial charge in [-0.3, -0.25) is 14.4 Å². The first kappa shape index (κ1) is 15.0. The van der Waals surface area contributed by atoms with Crippen LogP contribution in [-0.2, 0) is 17.9 Å². The van der Waals surface area contributed by atoms with Crippen molar-refractivity contribution in [2.24, 2.45) is 0 Å². The Kier molecular flexibility index (Phi) is 5.55. The number of piperidine rings is 1. The van der Waals surface area contributed by atoms with Crippen LogP contribution in [0.5, 0.6) is 0 Å². The molecule has 20 heavy (non-hydrogen) atoms. The van der Waals surface area contributed by atoms with Crippen LogP contribution in [-0.4, -0.2) is 51.4 Å². The van der Waals surface area contributed by atoms with Gasteiger partial charge in [-0.25, -0.2) is 0 Å². The summed E-state index contributed by atoms with van der Waals surface area (Å²) >= 11 is 0. The molecule has 6 heteroatoms. The van der Waals surface area contributed by atoms with Crippen molar-refractivity contribution in [3.63, 3.8) is 0 Å². The number of hydrogen-bond acceptors (Lipinski definition) is 4. The van der Waals surface area contributed by atoms with E-state index in [1.807, 2.05) is 15.8 Å². The molecule has 0 aliphatic carbocycles. The molecular formula is C14H24N4O2. The minimum Gasteiger partial charge on any atom is -0.392 e. The van der Waals surface area contributed by atoms with E-state index in [1.165, 1.54) is 0 Å². The minimum absolute atomic E-state index is 0.00217. The number of rotatable bonds is 6. The van der Waals surface area contributed by atoms with E-state index in [-0.39, 0.29) is 12.0 Å². The second-order valence-corrected chi connectivity index (χ2v) is 5.42. The fourth-order valence-corrected chi connectivity index (χ4v) is 2.48. The Morgan fingerprint density at radius 1 is 1.60 bits per heavy atom. The van der Waals surface area contributed by atoms with E-state index in [0.29, 0.717) is 19.6 Å². The number of β-amino-alcohol motifs (C(OH)–C–C–N with tert-alkyl or cyclic N) is 1. The Labute approximate surface area is 119 Å². The van der Waals surface area contributed by atoms with Gasteiger partial charge in [-0.05, 0) is 25.8 Å². The lowest BCUT2D eigenvalue weighted by molar-refractivity contribution is -0.123. The highest BCUT2D eigenvalue weighted by molar-refractivity contribution is 5.78. The summed E-state index contributed by atoms with van der Waals surface area (Å²) in [6, 6.07) is 0. The lowest BCUT2D eigenvalue weighted by atomic mass is 10.1. The molecule has 1 aliphatic rings. The molecule has 1 aromatic rings. The molecule has 0 saturated carbocycles. The summed E-state index contributed by atoms with van der Waals surface area (Å²) in [4.78, 5) is 13.9. The van der Waals surface area contributed by atoms with Crippen LogP contribution in [0.2, 0.25) is 0 Å². The van der Waals surface area contributed by atoms with Crippen molar-refractivity contribution in [3.05, 3.63) is 18.0 Å². The second-order valence-electron chi connectivity index (χ2n) is 5.42. The van der Waals surface area contributed by atoms with Gasteiger partial charge in [-0.1, -0.05) is 6.92 Å². The zero-order chi connectivity index (χ0) is 14.4. The molecular weight excluding hydrogens is 256 g/mol. The zero-order valence-electron chi connectivity index (χ0n) is 12.1. The number of aryl methyl sites for hydroxylation is 1. The average Bonchev–Trinajstić information content (AvgIpc) is 2.85. The highest BCUT2D eigenvalue weighted by Gasteiger charge is 2.19. The van der Waals surface area contributed by atoms with E-state index in [2.05, 4.69) is 17.3 Å². The van der Waals surface area contributed by atoms with E-state index in [4.69, 9.17) is 0 Å². The molecule has 1 aromatic heterocycles. The van der Waals surface area contributed by atoms with Crippen molar-refractivity contribution in [2.45, 2.75) is 45.4 Å². The highest BCUT2D eigenvalue weighted by atomic mass is 16.3. The quantitative estimate of drug-likeness (QED) is 0.789. The third-order valence-corrected chi connectivity index (χ3v) is 3.48. The van der Waals surface area contributed by atoms with Crippen LogP contribution < -0.4 is 5.32 Å². The summed E-state index contributed by atoms with van der Waals surface area (Å²) < 4.78 is 1.89. The summed E-state index contributed by atoms with van der Waals surface area (Å²) in [5.41, 5.74) is 1.02. The minimum atomic E-state index is -0.288. The third-order valence-electron chi connectivity index (χ3n) is 3.48. The van der Waals surface area contributed by atoms with E-state index in [1.54, 1.807) is 6.20 Å². The number of carbonyl (C=O) groups excluding carboxylic acids is 1. The molecule has 6 nitrogen and oxygen atoms in total. The van der Waals surface area contributed by atoms with Crippen LogP contribution in [0.4, 0.5) is 0 Å². The van der Waals surface area contributed by atoms with Gasteiger partial charge in [0.2, 0.25) is 5.91 Å². The Morgan fingerprint density at radius 2 is 2.45 bits per heavy atom. The number of amides is 1. The standard InChI is InChI=1S/C14H24N4O2/c1-2-5-18-9-12(8-16-18)7-15-14(20)11-17-6-3-4-13(19)10-17/h8-9,13,19H,2-7,10-11H2,1H3,(H,15,20)/t13-/m1/s1. The van der Waals surface area contributed by atoms with Gasteiger partial charge in [-0.15, -0.1) is 0 Å². The van der Waals surface area contributed by atoms with Crippen LogP contribution in [0.25, 0.3) is 0 Å². The molecule has 1 aliphatic heterocycles. The average molecular weight is 280 g/mol. The number of aliphatic hydroxyl groups excluding tert-OH is 1. The maximum absolute atomic E-state index is 11.9. The SMILES string of the molecule is CCCn1cc(CNC(=O)CN2CCC[C@@H](O)C2)cn1. The molecule has 1 amide bonds. The van der Waals surface area contributed by atoms with Crippen LogP contribution in [0.3, 0.4) is 0 Å². The molecule has 0 bridgehead atoms. The summed E-state index contributed by atoms with van der Waals surface area (Å²) in [6.45, 7) is 5.37.